The molecule has 2 aromatic carbocycles. The summed E-state index contributed by atoms with van der Waals surface area (Å²) in [4.78, 5) is 15.0. The third kappa shape index (κ3) is 4.97. The summed E-state index contributed by atoms with van der Waals surface area (Å²) >= 11 is 0. The van der Waals surface area contributed by atoms with Gasteiger partial charge in [0, 0.05) is 22.7 Å². The summed E-state index contributed by atoms with van der Waals surface area (Å²) in [5, 5.41) is 30.1. The van der Waals surface area contributed by atoms with Crippen LogP contribution in [0.1, 0.15) is 30.6 Å². The average Bonchev–Trinajstić information content (AvgIpc) is 3.53. The summed E-state index contributed by atoms with van der Waals surface area (Å²) in [5.74, 6) is -1.87. The molecule has 0 fully saturated rings. The molecule has 0 aliphatic carbocycles. The number of rotatable bonds is 7. The van der Waals surface area contributed by atoms with Crippen molar-refractivity contribution in [2.24, 2.45) is 0 Å². The highest BCUT2D eigenvalue weighted by Crippen LogP contribution is 2.43. The first-order valence-electron chi connectivity index (χ1n) is 11.5. The first-order valence-corrected chi connectivity index (χ1v) is 11.5. The van der Waals surface area contributed by atoms with Crippen LogP contribution in [-0.4, -0.2) is 50.2 Å². The van der Waals surface area contributed by atoms with Gasteiger partial charge in [0.15, 0.2) is 0 Å². The number of carboxylic acids is 1. The van der Waals surface area contributed by atoms with Crippen LogP contribution >= 0.6 is 0 Å². The fraction of sp³-hybridized carbons (Fsp3) is 0.280. The Hall–Kier alpha value is -4.23. The lowest BCUT2D eigenvalue weighted by molar-refractivity contribution is -0.138. The molecular formula is C25H21F3N4O6. The number of alkyl halides is 3. The van der Waals surface area contributed by atoms with E-state index in [2.05, 4.69) is 20.6 Å². The van der Waals surface area contributed by atoms with Crippen molar-refractivity contribution in [1.82, 2.24) is 20.6 Å². The molecule has 3 atom stereocenters. The lowest BCUT2D eigenvalue weighted by atomic mass is 9.96. The maximum absolute atomic E-state index is 14.0. The molecular weight excluding hydrogens is 509 g/mol. The van der Waals surface area contributed by atoms with Crippen LogP contribution < -0.4 is 10.1 Å². The van der Waals surface area contributed by atoms with Gasteiger partial charge in [-0.15, -0.1) is 0 Å². The Morgan fingerprint density at radius 2 is 1.89 bits per heavy atom. The average molecular weight is 530 g/mol. The van der Waals surface area contributed by atoms with Crippen molar-refractivity contribution in [2.45, 2.75) is 37.7 Å². The van der Waals surface area contributed by atoms with E-state index >= 15 is 0 Å². The van der Waals surface area contributed by atoms with Crippen LogP contribution in [-0.2, 0) is 11.0 Å². The van der Waals surface area contributed by atoms with Gasteiger partial charge in [0.2, 0.25) is 11.6 Å². The highest BCUT2D eigenvalue weighted by atomic mass is 19.4. The number of nitrogens with one attached hydrogen (secondary N) is 1. The Morgan fingerprint density at radius 3 is 2.61 bits per heavy atom. The topological polar surface area (TPSA) is 144 Å². The molecule has 0 saturated carbocycles. The van der Waals surface area contributed by atoms with Crippen molar-refractivity contribution in [2.75, 3.05) is 6.61 Å². The first-order chi connectivity index (χ1) is 18.1. The molecule has 10 nitrogen and oxygen atoms in total. The number of nitrogens with zero attached hydrogens (tertiary/aromatic N) is 3. The van der Waals surface area contributed by atoms with Crippen LogP contribution in [0.5, 0.6) is 5.75 Å². The lowest BCUT2D eigenvalue weighted by Crippen LogP contribution is -2.47. The number of benzene rings is 2. The second kappa shape index (κ2) is 9.91. The number of hydrogen-bond acceptors (Lipinski definition) is 9. The number of aliphatic hydroxyl groups excluding tert-OH is 1. The summed E-state index contributed by atoms with van der Waals surface area (Å²) in [7, 11) is 0. The summed E-state index contributed by atoms with van der Waals surface area (Å²) in [6.45, 7) is 1.75. The molecule has 1 unspecified atom stereocenters. The Labute approximate surface area is 213 Å². The predicted molar refractivity (Wildman–Crippen MR) is 125 cm³/mol. The van der Waals surface area contributed by atoms with Gasteiger partial charge in [-0.2, -0.15) is 18.2 Å². The van der Waals surface area contributed by atoms with Crippen LogP contribution in [0.25, 0.3) is 34.3 Å². The molecule has 1 aliphatic rings. The summed E-state index contributed by atoms with van der Waals surface area (Å²) < 4.78 is 57.8. The highest BCUT2D eigenvalue weighted by molar-refractivity contribution is 5.71. The van der Waals surface area contributed by atoms with Crippen LogP contribution in [0.3, 0.4) is 0 Å². The molecule has 38 heavy (non-hydrogen) atoms. The normalized spacial score (nSPS) is 18.0. The monoisotopic (exact) mass is 530 g/mol. The maximum Gasteiger partial charge on any atom is 0.422 e. The predicted octanol–water partition coefficient (Wildman–Crippen LogP) is 4.32. The molecule has 0 saturated heterocycles. The van der Waals surface area contributed by atoms with Gasteiger partial charge < -0.3 is 29.3 Å². The molecule has 0 spiro atoms. The Kier molecular flexibility index (Phi) is 6.63. The van der Waals surface area contributed by atoms with Crippen LogP contribution in [0.15, 0.2) is 57.6 Å². The van der Waals surface area contributed by atoms with E-state index < -0.39 is 53.2 Å². The number of fused-ring (bicyclic) bond motifs is 1. The van der Waals surface area contributed by atoms with Crippen molar-refractivity contribution < 1.29 is 42.0 Å². The number of aliphatic carboxylic acids is 1. The van der Waals surface area contributed by atoms with Crippen LogP contribution in [0.2, 0.25) is 0 Å². The molecule has 1 aliphatic heterocycles. The van der Waals surface area contributed by atoms with E-state index in [4.69, 9.17) is 18.9 Å². The molecule has 4 aromatic rings. The number of hydrogen-bond donors (Lipinski definition) is 3. The van der Waals surface area contributed by atoms with E-state index in [1.54, 1.807) is 37.3 Å². The molecule has 0 amide bonds. The van der Waals surface area contributed by atoms with Crippen LogP contribution in [0.4, 0.5) is 13.2 Å². The van der Waals surface area contributed by atoms with Crippen molar-refractivity contribution in [3.05, 3.63) is 59.7 Å². The number of ether oxygens (including phenoxy) is 1. The fourth-order valence-electron chi connectivity index (χ4n) is 4.28. The SMILES string of the molecule is CC(CC(=O)O)N[C@H]1COc2cc(-c3noc(-c4onc(-c5ccccc5)c4C(F)(F)F)n3)ccc2[C@H]1O. The molecule has 198 valence electrons. The van der Waals surface area contributed by atoms with Gasteiger partial charge in [0.25, 0.3) is 5.89 Å². The zero-order valence-corrected chi connectivity index (χ0v) is 19.8. The lowest BCUT2D eigenvalue weighted by Gasteiger charge is -2.32. The van der Waals surface area contributed by atoms with Crippen molar-refractivity contribution in [1.29, 1.82) is 0 Å². The van der Waals surface area contributed by atoms with Gasteiger partial charge in [0.05, 0.1) is 12.5 Å². The number of halogens is 3. The third-order valence-corrected chi connectivity index (χ3v) is 6.01. The third-order valence-electron chi connectivity index (χ3n) is 6.01. The van der Waals surface area contributed by atoms with Gasteiger partial charge in [-0.25, -0.2) is 0 Å². The van der Waals surface area contributed by atoms with Crippen molar-refractivity contribution in [3.63, 3.8) is 0 Å². The Bertz CT molecular complexity index is 1450. The smallest absolute Gasteiger partial charge is 0.422 e. The maximum atomic E-state index is 14.0. The number of carboxylic acid groups (broad SMARTS) is 1. The molecule has 2 aromatic heterocycles. The summed E-state index contributed by atoms with van der Waals surface area (Å²) in [6, 6.07) is 11.5. The minimum atomic E-state index is -4.81. The largest absolute Gasteiger partial charge is 0.491 e. The van der Waals surface area contributed by atoms with Gasteiger partial charge in [0.1, 0.15) is 29.7 Å². The number of aromatic nitrogens is 3. The zero-order chi connectivity index (χ0) is 27.0. The minimum absolute atomic E-state index is 0.0259. The molecule has 0 bridgehead atoms. The van der Waals surface area contributed by atoms with Crippen LogP contribution in [0, 0.1) is 0 Å². The van der Waals surface area contributed by atoms with Gasteiger partial charge in [-0.3, -0.25) is 4.79 Å². The minimum Gasteiger partial charge on any atom is -0.491 e. The highest BCUT2D eigenvalue weighted by Gasteiger charge is 2.43. The number of carbonyl (C=O) groups is 1. The summed E-state index contributed by atoms with van der Waals surface area (Å²) in [5.41, 5.74) is -0.500. The molecule has 13 heteroatoms. The van der Waals surface area contributed by atoms with Crippen molar-refractivity contribution >= 4 is 5.97 Å². The second-order valence-electron chi connectivity index (χ2n) is 8.80. The standard InChI is InChI=1S/C25H21F3N4O6/c1-12(9-18(33)34)29-16-11-36-17-10-14(7-8-15(17)21(16)35)23-30-24(38-32-23)22-19(25(26,27)28)20(31-37-22)13-5-3-2-4-6-13/h2-8,10,12,16,21,29,35H,9,11H2,1H3,(H,33,34)/t12?,16-,21+/m0/s1. The second-order valence-corrected chi connectivity index (χ2v) is 8.80. The number of aliphatic hydroxyl groups is 1. The quantitative estimate of drug-likeness (QED) is 0.316. The van der Waals surface area contributed by atoms with E-state index in [1.165, 1.54) is 18.2 Å². The fourth-order valence-corrected chi connectivity index (χ4v) is 4.28. The molecule has 3 N–H and O–H groups in total. The Balaban J connectivity index is 1.41. The zero-order valence-electron chi connectivity index (χ0n) is 19.8. The van der Waals surface area contributed by atoms with E-state index in [0.717, 1.165) is 0 Å². The van der Waals surface area contributed by atoms with E-state index in [0.29, 0.717) is 16.9 Å². The van der Waals surface area contributed by atoms with Crippen molar-refractivity contribution in [3.8, 4) is 40.0 Å². The van der Waals surface area contributed by atoms with Gasteiger partial charge in [-0.1, -0.05) is 52.8 Å². The van der Waals surface area contributed by atoms with E-state index in [9.17, 15) is 23.1 Å². The summed E-state index contributed by atoms with van der Waals surface area (Å²) in [6.07, 6.45) is -5.91. The molecule has 5 rings (SSSR count). The van der Waals surface area contributed by atoms with Gasteiger partial charge >= 0.3 is 12.1 Å². The molecule has 3 heterocycles. The van der Waals surface area contributed by atoms with E-state index in [-0.39, 0.29) is 24.4 Å². The molecule has 0 radical (unpaired) electrons. The first kappa shape index (κ1) is 25.4. The Morgan fingerprint density at radius 1 is 1.13 bits per heavy atom. The van der Waals surface area contributed by atoms with E-state index in [1.807, 2.05) is 0 Å². The van der Waals surface area contributed by atoms with Gasteiger partial charge in [-0.05, 0) is 13.0 Å².